The molecule has 1 aromatic carbocycles. The molecule has 0 radical (unpaired) electrons. The first kappa shape index (κ1) is 15.0. The van der Waals surface area contributed by atoms with E-state index >= 15 is 0 Å². The van der Waals surface area contributed by atoms with Gasteiger partial charge >= 0.3 is 0 Å². The van der Waals surface area contributed by atoms with Gasteiger partial charge in [0.05, 0.1) is 5.56 Å². The van der Waals surface area contributed by atoms with Crippen molar-refractivity contribution in [2.45, 2.75) is 32.1 Å². The SMILES string of the molecule is O=C(NCC1(CCl)CCCCC1)c1cccc(O)c1O. The van der Waals surface area contributed by atoms with Crippen LogP contribution >= 0.6 is 11.6 Å². The van der Waals surface area contributed by atoms with Crippen molar-refractivity contribution in [2.24, 2.45) is 5.41 Å². The Morgan fingerprint density at radius 1 is 1.25 bits per heavy atom. The molecule has 1 aliphatic rings. The molecule has 0 aliphatic heterocycles. The number of carbonyl (C=O) groups excluding carboxylic acids is 1. The quantitative estimate of drug-likeness (QED) is 0.591. The average molecular weight is 298 g/mol. The summed E-state index contributed by atoms with van der Waals surface area (Å²) in [5.41, 5.74) is 0.0487. The molecule has 3 N–H and O–H groups in total. The molecule has 0 spiro atoms. The van der Waals surface area contributed by atoms with Gasteiger partial charge in [0.1, 0.15) is 0 Å². The van der Waals surface area contributed by atoms with E-state index in [2.05, 4.69) is 5.32 Å². The topological polar surface area (TPSA) is 69.6 Å². The first-order valence-electron chi connectivity index (χ1n) is 6.93. The summed E-state index contributed by atoms with van der Waals surface area (Å²) in [5, 5.41) is 21.9. The van der Waals surface area contributed by atoms with E-state index in [-0.39, 0.29) is 28.4 Å². The summed E-state index contributed by atoms with van der Waals surface area (Å²) in [5.74, 6) is -0.524. The first-order chi connectivity index (χ1) is 9.58. The molecule has 1 saturated carbocycles. The molecule has 2 rings (SSSR count). The lowest BCUT2D eigenvalue weighted by Crippen LogP contribution is -2.40. The molecular formula is C15H20ClNO3. The highest BCUT2D eigenvalue weighted by Crippen LogP contribution is 2.37. The number of benzene rings is 1. The lowest BCUT2D eigenvalue weighted by atomic mass is 9.75. The zero-order valence-electron chi connectivity index (χ0n) is 11.4. The van der Waals surface area contributed by atoms with Gasteiger partial charge in [-0.15, -0.1) is 11.6 Å². The van der Waals surface area contributed by atoms with Crippen LogP contribution in [0.4, 0.5) is 0 Å². The van der Waals surface area contributed by atoms with Crippen LogP contribution in [0.1, 0.15) is 42.5 Å². The Morgan fingerprint density at radius 3 is 2.60 bits per heavy atom. The van der Waals surface area contributed by atoms with Crippen LogP contribution in [-0.2, 0) is 0 Å². The Bertz CT molecular complexity index is 484. The second kappa shape index (κ2) is 6.35. The van der Waals surface area contributed by atoms with Gasteiger partial charge in [0.15, 0.2) is 11.5 Å². The van der Waals surface area contributed by atoms with E-state index in [1.165, 1.54) is 24.6 Å². The van der Waals surface area contributed by atoms with Gasteiger partial charge in [0, 0.05) is 17.8 Å². The molecule has 0 aromatic heterocycles. The number of nitrogens with one attached hydrogen (secondary N) is 1. The number of hydrogen-bond acceptors (Lipinski definition) is 3. The number of carbonyl (C=O) groups is 1. The average Bonchev–Trinajstić information content (AvgIpc) is 2.48. The summed E-state index contributed by atoms with van der Waals surface area (Å²) in [6.07, 6.45) is 5.53. The molecule has 0 atom stereocenters. The second-order valence-corrected chi connectivity index (χ2v) is 5.82. The van der Waals surface area contributed by atoms with Gasteiger partial charge < -0.3 is 15.5 Å². The van der Waals surface area contributed by atoms with Gasteiger partial charge in [0.25, 0.3) is 5.91 Å². The maximum atomic E-state index is 12.1. The van der Waals surface area contributed by atoms with Gasteiger partial charge in [-0.3, -0.25) is 4.79 Å². The van der Waals surface area contributed by atoms with Crippen molar-refractivity contribution in [1.82, 2.24) is 5.32 Å². The van der Waals surface area contributed by atoms with Crippen LogP contribution in [0.15, 0.2) is 18.2 Å². The molecule has 0 bridgehead atoms. The van der Waals surface area contributed by atoms with Crippen LogP contribution < -0.4 is 5.32 Å². The molecule has 0 unspecified atom stereocenters. The minimum Gasteiger partial charge on any atom is -0.504 e. The first-order valence-corrected chi connectivity index (χ1v) is 7.46. The Morgan fingerprint density at radius 2 is 1.95 bits per heavy atom. The van der Waals surface area contributed by atoms with Crippen LogP contribution in [0.3, 0.4) is 0 Å². The zero-order valence-corrected chi connectivity index (χ0v) is 12.1. The van der Waals surface area contributed by atoms with Gasteiger partial charge in [-0.25, -0.2) is 0 Å². The van der Waals surface area contributed by atoms with E-state index in [9.17, 15) is 15.0 Å². The van der Waals surface area contributed by atoms with Gasteiger partial charge in [-0.1, -0.05) is 25.3 Å². The summed E-state index contributed by atoms with van der Waals surface area (Å²) in [6.45, 7) is 0.504. The van der Waals surface area contributed by atoms with Crippen molar-refractivity contribution < 1.29 is 15.0 Å². The normalized spacial score (nSPS) is 17.6. The standard InChI is InChI=1S/C15H20ClNO3/c16-9-15(7-2-1-3-8-15)10-17-14(20)11-5-4-6-12(18)13(11)19/h4-6,18-19H,1-3,7-10H2,(H,17,20). The Balaban J connectivity index is 2.02. The molecular weight excluding hydrogens is 278 g/mol. The Kier molecular flexibility index (Phi) is 4.76. The molecule has 0 saturated heterocycles. The maximum absolute atomic E-state index is 12.1. The van der Waals surface area contributed by atoms with Crippen LogP contribution in [0, 0.1) is 5.41 Å². The second-order valence-electron chi connectivity index (χ2n) is 5.55. The van der Waals surface area contributed by atoms with E-state index in [4.69, 9.17) is 11.6 Å². The number of rotatable bonds is 4. The highest BCUT2D eigenvalue weighted by atomic mass is 35.5. The van der Waals surface area contributed by atoms with Crippen molar-refractivity contribution in [3.63, 3.8) is 0 Å². The molecule has 1 aromatic rings. The smallest absolute Gasteiger partial charge is 0.255 e. The van der Waals surface area contributed by atoms with Crippen molar-refractivity contribution in [1.29, 1.82) is 0 Å². The van der Waals surface area contributed by atoms with Gasteiger partial charge in [-0.05, 0) is 25.0 Å². The molecule has 0 heterocycles. The number of alkyl halides is 1. The molecule has 1 amide bonds. The summed E-state index contributed by atoms with van der Waals surface area (Å²) in [4.78, 5) is 12.1. The molecule has 20 heavy (non-hydrogen) atoms. The van der Waals surface area contributed by atoms with Crippen molar-refractivity contribution in [3.8, 4) is 11.5 Å². The number of phenolic OH excluding ortho intramolecular Hbond substituents is 2. The number of amides is 1. The van der Waals surface area contributed by atoms with E-state index < -0.39 is 0 Å². The lowest BCUT2D eigenvalue weighted by Gasteiger charge is -2.35. The van der Waals surface area contributed by atoms with E-state index in [0.717, 1.165) is 25.7 Å². The van der Waals surface area contributed by atoms with Crippen molar-refractivity contribution >= 4 is 17.5 Å². The minimum absolute atomic E-state index is 0.0398. The summed E-state index contributed by atoms with van der Waals surface area (Å²) in [7, 11) is 0. The van der Waals surface area contributed by atoms with Crippen molar-refractivity contribution in [3.05, 3.63) is 23.8 Å². The largest absolute Gasteiger partial charge is 0.504 e. The van der Waals surface area contributed by atoms with Crippen LogP contribution in [0.2, 0.25) is 0 Å². The zero-order chi connectivity index (χ0) is 14.6. The number of phenols is 2. The fraction of sp³-hybridized carbons (Fsp3) is 0.533. The van der Waals surface area contributed by atoms with Gasteiger partial charge in [-0.2, -0.15) is 0 Å². The third-order valence-corrected chi connectivity index (χ3v) is 4.65. The monoisotopic (exact) mass is 297 g/mol. The lowest BCUT2D eigenvalue weighted by molar-refractivity contribution is 0.0917. The van der Waals surface area contributed by atoms with Crippen LogP contribution in [0.25, 0.3) is 0 Å². The highest BCUT2D eigenvalue weighted by molar-refractivity contribution is 6.18. The third kappa shape index (κ3) is 3.18. The summed E-state index contributed by atoms with van der Waals surface area (Å²) in [6, 6.07) is 4.36. The highest BCUT2D eigenvalue weighted by Gasteiger charge is 2.31. The molecule has 1 aliphatic carbocycles. The predicted molar refractivity (Wildman–Crippen MR) is 78.3 cm³/mol. The number of para-hydroxylation sites is 1. The summed E-state index contributed by atoms with van der Waals surface area (Å²) < 4.78 is 0. The number of aromatic hydroxyl groups is 2. The molecule has 4 nitrogen and oxygen atoms in total. The van der Waals surface area contributed by atoms with E-state index in [1.54, 1.807) is 0 Å². The number of halogens is 1. The van der Waals surface area contributed by atoms with E-state index in [1.807, 2.05) is 0 Å². The van der Waals surface area contributed by atoms with E-state index in [0.29, 0.717) is 12.4 Å². The van der Waals surface area contributed by atoms with Crippen molar-refractivity contribution in [2.75, 3.05) is 12.4 Å². The minimum atomic E-state index is -0.381. The Labute approximate surface area is 123 Å². The molecule has 110 valence electrons. The fourth-order valence-electron chi connectivity index (χ4n) is 2.74. The predicted octanol–water partition coefficient (Wildman–Crippen LogP) is 3.02. The fourth-order valence-corrected chi connectivity index (χ4v) is 3.10. The third-order valence-electron chi connectivity index (χ3n) is 4.08. The molecule has 5 heteroatoms. The maximum Gasteiger partial charge on any atom is 0.255 e. The van der Waals surface area contributed by atoms with Gasteiger partial charge in [0.2, 0.25) is 0 Å². The summed E-state index contributed by atoms with van der Waals surface area (Å²) >= 11 is 6.08. The Hall–Kier alpha value is -1.42. The number of hydrogen-bond donors (Lipinski definition) is 3. The van der Waals surface area contributed by atoms with Crippen LogP contribution in [-0.4, -0.2) is 28.5 Å². The molecule has 1 fully saturated rings. The van der Waals surface area contributed by atoms with Crippen LogP contribution in [0.5, 0.6) is 11.5 Å².